The fourth-order valence-corrected chi connectivity index (χ4v) is 5.05. The van der Waals surface area contributed by atoms with Crippen molar-refractivity contribution in [2.24, 2.45) is 0 Å². The molecule has 1 spiro atoms. The van der Waals surface area contributed by atoms with E-state index in [0.717, 1.165) is 5.56 Å². The van der Waals surface area contributed by atoms with Crippen LogP contribution in [0.3, 0.4) is 0 Å². The fraction of sp³-hybridized carbons (Fsp3) is 0.450. The monoisotopic (exact) mass is 418 g/mol. The van der Waals surface area contributed by atoms with Crippen LogP contribution in [0, 0.1) is 0 Å². The summed E-state index contributed by atoms with van der Waals surface area (Å²) in [6, 6.07) is 10.9. The summed E-state index contributed by atoms with van der Waals surface area (Å²) in [5.74, 6) is 0.158. The molecule has 2 aliphatic rings. The lowest BCUT2D eigenvalue weighted by Crippen LogP contribution is -2.60. The molecular formula is C20H22N2O6S. The van der Waals surface area contributed by atoms with E-state index in [1.807, 2.05) is 37.3 Å². The van der Waals surface area contributed by atoms with Gasteiger partial charge in [0.1, 0.15) is 11.7 Å². The van der Waals surface area contributed by atoms with Gasteiger partial charge < -0.3 is 14.2 Å². The van der Waals surface area contributed by atoms with E-state index in [0.29, 0.717) is 12.4 Å². The van der Waals surface area contributed by atoms with Gasteiger partial charge in [-0.15, -0.1) is 0 Å². The highest BCUT2D eigenvalue weighted by molar-refractivity contribution is 8.01. The number of hydrogen-bond donors (Lipinski definition) is 1. The minimum atomic E-state index is -0.896. The Balaban J connectivity index is 1.70. The van der Waals surface area contributed by atoms with Crippen LogP contribution in [0.25, 0.3) is 0 Å². The van der Waals surface area contributed by atoms with E-state index in [1.54, 1.807) is 11.8 Å². The highest BCUT2D eigenvalue weighted by Crippen LogP contribution is 2.53. The molecule has 0 saturated carbocycles. The van der Waals surface area contributed by atoms with Crippen LogP contribution in [0.1, 0.15) is 25.6 Å². The van der Waals surface area contributed by atoms with Crippen molar-refractivity contribution in [1.82, 2.24) is 9.55 Å². The molecule has 2 fully saturated rings. The zero-order valence-electron chi connectivity index (χ0n) is 16.1. The molecule has 29 heavy (non-hydrogen) atoms. The molecule has 0 unspecified atom stereocenters. The first-order valence-corrected chi connectivity index (χ1v) is 10.4. The molecule has 1 N–H and O–H groups in total. The number of thioether (sulfide) groups is 1. The molecule has 154 valence electrons. The summed E-state index contributed by atoms with van der Waals surface area (Å²) in [4.78, 5) is 37.9. The predicted molar refractivity (Wildman–Crippen MR) is 107 cm³/mol. The zero-order valence-corrected chi connectivity index (χ0v) is 16.9. The van der Waals surface area contributed by atoms with E-state index in [-0.39, 0.29) is 5.25 Å². The molecule has 1 aromatic heterocycles. The largest absolute Gasteiger partial charge is 0.455 e. The van der Waals surface area contributed by atoms with Crippen LogP contribution in [-0.2, 0) is 25.6 Å². The number of nitrogens with one attached hydrogen (secondary N) is 1. The van der Waals surface area contributed by atoms with Crippen molar-refractivity contribution in [3.63, 3.8) is 0 Å². The molecule has 9 heteroatoms. The Bertz CT molecular complexity index is 1010. The number of aromatic nitrogens is 2. The molecule has 0 aliphatic carbocycles. The van der Waals surface area contributed by atoms with Gasteiger partial charge in [0.15, 0.2) is 12.3 Å². The number of aromatic amines is 1. The van der Waals surface area contributed by atoms with Crippen molar-refractivity contribution in [2.45, 2.75) is 49.7 Å². The third-order valence-electron chi connectivity index (χ3n) is 5.35. The number of nitrogens with zero attached hydrogens (tertiary/aromatic N) is 1. The Morgan fingerprint density at radius 3 is 2.66 bits per heavy atom. The number of carbonyl (C=O) groups is 1. The van der Waals surface area contributed by atoms with Crippen molar-refractivity contribution < 1.29 is 19.0 Å². The lowest BCUT2D eigenvalue weighted by Gasteiger charge is -2.47. The van der Waals surface area contributed by atoms with Gasteiger partial charge in [0.25, 0.3) is 5.56 Å². The number of hydrogen-bond acceptors (Lipinski definition) is 7. The van der Waals surface area contributed by atoms with Crippen LogP contribution < -0.4 is 11.2 Å². The zero-order chi connectivity index (χ0) is 20.6. The Labute approximate surface area is 171 Å². The van der Waals surface area contributed by atoms with E-state index < -0.39 is 41.3 Å². The van der Waals surface area contributed by atoms with Crippen molar-refractivity contribution >= 4 is 17.7 Å². The van der Waals surface area contributed by atoms with Crippen molar-refractivity contribution in [1.29, 1.82) is 0 Å². The molecule has 2 aliphatic heterocycles. The van der Waals surface area contributed by atoms with Crippen LogP contribution >= 0.6 is 11.8 Å². The molecule has 4 rings (SSSR count). The molecule has 0 bridgehead atoms. The molecular weight excluding hydrogens is 396 g/mol. The van der Waals surface area contributed by atoms with Crippen LogP contribution in [0.4, 0.5) is 0 Å². The van der Waals surface area contributed by atoms with Crippen LogP contribution in [0.15, 0.2) is 52.2 Å². The summed E-state index contributed by atoms with van der Waals surface area (Å²) in [5.41, 5.74) is -0.848. The highest BCUT2D eigenvalue weighted by atomic mass is 32.2. The number of esters is 1. The summed E-state index contributed by atoms with van der Waals surface area (Å²) in [5, 5.41) is 0.0878. The topological polar surface area (TPSA) is 99.6 Å². The number of benzene rings is 1. The first-order chi connectivity index (χ1) is 13.9. The van der Waals surface area contributed by atoms with Crippen molar-refractivity contribution in [3.8, 4) is 0 Å². The maximum atomic E-state index is 12.4. The molecule has 5 atom stereocenters. The van der Waals surface area contributed by atoms with Gasteiger partial charge in [-0.3, -0.25) is 19.1 Å². The quantitative estimate of drug-likeness (QED) is 0.734. The van der Waals surface area contributed by atoms with Gasteiger partial charge in [0.05, 0.1) is 6.61 Å². The average Bonchev–Trinajstić information content (AvgIpc) is 3.01. The molecule has 2 aromatic rings. The molecule has 2 saturated heterocycles. The Hall–Kier alpha value is -2.36. The van der Waals surface area contributed by atoms with Crippen LogP contribution in [-0.4, -0.2) is 44.3 Å². The lowest BCUT2D eigenvalue weighted by atomic mass is 9.92. The summed E-state index contributed by atoms with van der Waals surface area (Å²) in [7, 11) is 0. The number of H-pyrrole nitrogens is 1. The molecule has 8 nitrogen and oxygen atoms in total. The summed E-state index contributed by atoms with van der Waals surface area (Å²) < 4.78 is 19.4. The van der Waals surface area contributed by atoms with Gasteiger partial charge in [0.2, 0.25) is 0 Å². The first-order valence-electron chi connectivity index (χ1n) is 9.34. The van der Waals surface area contributed by atoms with Crippen molar-refractivity contribution in [3.05, 3.63) is 69.0 Å². The second-order valence-electron chi connectivity index (χ2n) is 7.23. The van der Waals surface area contributed by atoms with E-state index in [9.17, 15) is 14.4 Å². The summed E-state index contributed by atoms with van der Waals surface area (Å²) >= 11 is 1.72. The van der Waals surface area contributed by atoms with Gasteiger partial charge in [-0.1, -0.05) is 37.3 Å². The van der Waals surface area contributed by atoms with E-state index in [1.165, 1.54) is 23.8 Å². The third kappa shape index (κ3) is 3.65. The van der Waals surface area contributed by atoms with Crippen LogP contribution in [0.2, 0.25) is 0 Å². The molecule has 1 aromatic carbocycles. The standard InChI is InChI=1S/C20H22N2O6S/c1-12-20(11-29-12)17(26-10-14-6-4-3-5-7-14)16(27-13(2)23)18(28-20)22-9-8-15(24)21-19(22)25/h3-9,12,16-18H,10-11H2,1-2H3,(H,21,24,25)/t12-,16+,17+,18+,20+/m0/s1. The van der Waals surface area contributed by atoms with Gasteiger partial charge in [-0.05, 0) is 5.56 Å². The summed E-state index contributed by atoms with van der Waals surface area (Å²) in [6.45, 7) is 3.65. The second-order valence-corrected chi connectivity index (χ2v) is 8.55. The highest BCUT2D eigenvalue weighted by Gasteiger charge is 2.65. The van der Waals surface area contributed by atoms with Gasteiger partial charge in [-0.2, -0.15) is 11.8 Å². The smallest absolute Gasteiger partial charge is 0.330 e. The molecule has 3 heterocycles. The van der Waals surface area contributed by atoms with Gasteiger partial charge in [-0.25, -0.2) is 4.79 Å². The second kappa shape index (κ2) is 7.81. The third-order valence-corrected chi connectivity index (χ3v) is 6.86. The minimum Gasteiger partial charge on any atom is -0.455 e. The predicted octanol–water partition coefficient (Wildman–Crippen LogP) is 1.46. The number of ether oxygens (including phenoxy) is 3. The van der Waals surface area contributed by atoms with Gasteiger partial charge >= 0.3 is 11.7 Å². The van der Waals surface area contributed by atoms with Crippen LogP contribution in [0.5, 0.6) is 0 Å². The number of rotatable bonds is 5. The maximum absolute atomic E-state index is 12.4. The van der Waals surface area contributed by atoms with E-state index in [2.05, 4.69) is 4.98 Å². The molecule has 0 radical (unpaired) electrons. The van der Waals surface area contributed by atoms with Gasteiger partial charge in [0, 0.05) is 30.2 Å². The SMILES string of the molecule is CC(=O)O[C@H]1[C@H](n2ccc(=O)[nH]c2=O)O[C@@]2(CS[C@H]2C)[C@@H]1OCc1ccccc1. The maximum Gasteiger partial charge on any atom is 0.330 e. The average molecular weight is 418 g/mol. The van der Waals surface area contributed by atoms with E-state index in [4.69, 9.17) is 14.2 Å². The fourth-order valence-electron chi connectivity index (χ4n) is 3.79. The van der Waals surface area contributed by atoms with Crippen molar-refractivity contribution in [2.75, 3.05) is 5.75 Å². The summed E-state index contributed by atoms with van der Waals surface area (Å²) in [6.07, 6.45) is -0.936. The molecule has 0 amide bonds. The Morgan fingerprint density at radius 1 is 1.31 bits per heavy atom. The Kier molecular flexibility index (Phi) is 5.37. The first kappa shape index (κ1) is 19.9. The Morgan fingerprint density at radius 2 is 2.07 bits per heavy atom. The minimum absolute atomic E-state index is 0.0878. The lowest BCUT2D eigenvalue weighted by molar-refractivity contribution is -0.158. The van der Waals surface area contributed by atoms with E-state index >= 15 is 0 Å². The number of carbonyl (C=O) groups excluding carboxylic acids is 1. The normalized spacial score (nSPS) is 30.8.